The highest BCUT2D eigenvalue weighted by Gasteiger charge is 2.32. The molecule has 0 radical (unpaired) electrons. The second-order valence-electron chi connectivity index (χ2n) is 14.0. The molecule has 4 aromatic carbocycles. The Hall–Kier alpha value is -5.74. The number of para-hydroxylation sites is 1. The Morgan fingerprint density at radius 1 is 0.833 bits per heavy atom. The SMILES string of the molecule is CCCCN(CCCC)C(=O)c1cc(C)n(-c2ccc(NC(=O)Nc3ccccc3Cc3ccccc3)cc2C(=O)N2Cc3ccccc3CC2CO)n1. The van der Waals surface area contributed by atoms with Gasteiger partial charge in [-0.1, -0.05) is 99.5 Å². The van der Waals surface area contributed by atoms with Gasteiger partial charge in [0.15, 0.2) is 5.69 Å². The summed E-state index contributed by atoms with van der Waals surface area (Å²) in [5.41, 5.74) is 7.06. The van der Waals surface area contributed by atoms with E-state index in [1.165, 1.54) is 0 Å². The molecule has 1 aromatic heterocycles. The number of nitrogens with zero attached hydrogens (tertiary/aromatic N) is 4. The van der Waals surface area contributed by atoms with Crippen LogP contribution in [0.5, 0.6) is 0 Å². The molecule has 1 aliphatic rings. The van der Waals surface area contributed by atoms with Crippen molar-refractivity contribution >= 4 is 29.2 Å². The Labute approximate surface area is 317 Å². The second kappa shape index (κ2) is 17.9. The predicted octanol–water partition coefficient (Wildman–Crippen LogP) is 8.02. The van der Waals surface area contributed by atoms with Gasteiger partial charge in [0.1, 0.15) is 0 Å². The fourth-order valence-electron chi connectivity index (χ4n) is 7.01. The maximum atomic E-state index is 14.7. The number of aryl methyl sites for hydroxylation is 1. The van der Waals surface area contributed by atoms with Crippen molar-refractivity contribution in [2.24, 2.45) is 0 Å². The average molecular weight is 727 g/mol. The number of carbonyl (C=O) groups excluding carboxylic acids is 3. The van der Waals surface area contributed by atoms with Gasteiger partial charge in [0, 0.05) is 36.7 Å². The van der Waals surface area contributed by atoms with E-state index in [2.05, 4.69) is 24.5 Å². The van der Waals surface area contributed by atoms with E-state index in [0.29, 0.717) is 60.9 Å². The molecule has 4 amide bonds. The van der Waals surface area contributed by atoms with Crippen LogP contribution in [0, 0.1) is 6.92 Å². The Kier molecular flexibility index (Phi) is 12.6. The fourth-order valence-corrected chi connectivity index (χ4v) is 7.01. The van der Waals surface area contributed by atoms with Crippen LogP contribution in [0.15, 0.2) is 103 Å². The summed E-state index contributed by atoms with van der Waals surface area (Å²) in [4.78, 5) is 45.5. The second-order valence-corrected chi connectivity index (χ2v) is 14.0. The number of hydrogen-bond donors (Lipinski definition) is 3. The minimum atomic E-state index is -0.454. The quantitative estimate of drug-likeness (QED) is 0.107. The molecule has 2 heterocycles. The molecule has 0 fully saturated rings. The molecule has 6 rings (SSSR count). The van der Waals surface area contributed by atoms with Crippen LogP contribution in [0.4, 0.5) is 16.2 Å². The standard InChI is InChI=1S/C44H50N6O4/c1-4-6-23-48(24-7-5-2)43(53)40-25-31(3)50(47-40)41-22-21-36(28-38(41)42(52)49-29-35-19-12-11-17-33(35)27-37(49)30-51)45-44(54)46-39-20-14-13-18-34(39)26-32-15-9-8-10-16-32/h8-22,25,28,37,51H,4-7,23-24,26-27,29-30H2,1-3H3,(H2,45,46,54). The Balaban J connectivity index is 1.33. The number of amides is 4. The van der Waals surface area contributed by atoms with Crippen LogP contribution in [0.1, 0.15) is 88.3 Å². The molecule has 1 unspecified atom stereocenters. The van der Waals surface area contributed by atoms with Gasteiger partial charge in [-0.15, -0.1) is 0 Å². The maximum absolute atomic E-state index is 14.7. The van der Waals surface area contributed by atoms with Gasteiger partial charge in [-0.2, -0.15) is 5.10 Å². The Morgan fingerprint density at radius 2 is 1.52 bits per heavy atom. The number of unbranched alkanes of at least 4 members (excludes halogenated alkanes) is 2. The predicted molar refractivity (Wildman–Crippen MR) is 213 cm³/mol. The van der Waals surface area contributed by atoms with Gasteiger partial charge in [-0.3, -0.25) is 9.59 Å². The summed E-state index contributed by atoms with van der Waals surface area (Å²) in [6, 6.07) is 31.7. The first-order valence-electron chi connectivity index (χ1n) is 19.0. The molecule has 0 saturated heterocycles. The van der Waals surface area contributed by atoms with Gasteiger partial charge in [0.05, 0.1) is 23.9 Å². The van der Waals surface area contributed by atoms with E-state index in [1.54, 1.807) is 33.8 Å². The van der Waals surface area contributed by atoms with E-state index in [9.17, 15) is 19.5 Å². The van der Waals surface area contributed by atoms with Crippen molar-refractivity contribution in [1.29, 1.82) is 0 Å². The molecule has 10 heteroatoms. The Bertz CT molecular complexity index is 2070. The van der Waals surface area contributed by atoms with Crippen LogP contribution in [0.25, 0.3) is 5.69 Å². The molecule has 1 atom stereocenters. The highest BCUT2D eigenvalue weighted by molar-refractivity contribution is 6.03. The van der Waals surface area contributed by atoms with Gasteiger partial charge >= 0.3 is 6.03 Å². The van der Waals surface area contributed by atoms with E-state index < -0.39 is 12.1 Å². The van der Waals surface area contributed by atoms with Gasteiger partial charge in [0.2, 0.25) is 0 Å². The van der Waals surface area contributed by atoms with Gasteiger partial charge in [-0.25, -0.2) is 9.48 Å². The van der Waals surface area contributed by atoms with Crippen LogP contribution >= 0.6 is 0 Å². The molecule has 0 aliphatic carbocycles. The zero-order valence-electron chi connectivity index (χ0n) is 31.4. The monoisotopic (exact) mass is 726 g/mol. The zero-order valence-corrected chi connectivity index (χ0v) is 31.4. The van der Waals surface area contributed by atoms with Crippen molar-refractivity contribution < 1.29 is 19.5 Å². The smallest absolute Gasteiger partial charge is 0.323 e. The Morgan fingerprint density at radius 3 is 2.24 bits per heavy atom. The van der Waals surface area contributed by atoms with Crippen LogP contribution in [-0.2, 0) is 19.4 Å². The number of carbonyl (C=O) groups is 3. The molecule has 0 saturated carbocycles. The summed E-state index contributed by atoms with van der Waals surface area (Å²) in [5.74, 6) is -0.451. The number of urea groups is 1. The molecule has 3 N–H and O–H groups in total. The van der Waals surface area contributed by atoms with E-state index in [-0.39, 0.29) is 24.0 Å². The van der Waals surface area contributed by atoms with Crippen LogP contribution in [-0.4, -0.2) is 68.3 Å². The number of benzene rings is 4. The first-order chi connectivity index (χ1) is 26.3. The third-order valence-corrected chi connectivity index (χ3v) is 10.00. The number of anilines is 2. The lowest BCUT2D eigenvalue weighted by Gasteiger charge is -2.36. The average Bonchev–Trinajstić information content (AvgIpc) is 3.59. The third-order valence-electron chi connectivity index (χ3n) is 10.00. The number of aliphatic hydroxyl groups is 1. The minimum Gasteiger partial charge on any atom is -0.394 e. The molecule has 54 heavy (non-hydrogen) atoms. The summed E-state index contributed by atoms with van der Waals surface area (Å²) >= 11 is 0. The lowest BCUT2D eigenvalue weighted by molar-refractivity contribution is 0.0544. The molecule has 1 aliphatic heterocycles. The zero-order chi connectivity index (χ0) is 38.0. The van der Waals surface area contributed by atoms with Crippen LogP contribution < -0.4 is 10.6 Å². The summed E-state index contributed by atoms with van der Waals surface area (Å²) < 4.78 is 1.63. The molecular formula is C44H50N6O4. The van der Waals surface area contributed by atoms with E-state index >= 15 is 0 Å². The van der Waals surface area contributed by atoms with E-state index in [4.69, 9.17) is 5.10 Å². The summed E-state index contributed by atoms with van der Waals surface area (Å²) in [7, 11) is 0. The fraction of sp³-hybridized carbons (Fsp3) is 0.318. The molecular weight excluding hydrogens is 677 g/mol. The van der Waals surface area contributed by atoms with Crippen molar-refractivity contribution in [3.63, 3.8) is 0 Å². The van der Waals surface area contributed by atoms with Crippen molar-refractivity contribution in [3.05, 3.63) is 142 Å². The normalized spacial score (nSPS) is 13.6. The highest BCUT2D eigenvalue weighted by atomic mass is 16.3. The number of hydrogen-bond acceptors (Lipinski definition) is 5. The van der Waals surface area contributed by atoms with Gasteiger partial charge in [0.25, 0.3) is 11.8 Å². The molecule has 280 valence electrons. The van der Waals surface area contributed by atoms with Crippen molar-refractivity contribution in [1.82, 2.24) is 19.6 Å². The van der Waals surface area contributed by atoms with Gasteiger partial charge in [-0.05, 0) is 85.2 Å². The molecule has 5 aromatic rings. The van der Waals surface area contributed by atoms with Crippen LogP contribution in [0.2, 0.25) is 0 Å². The van der Waals surface area contributed by atoms with E-state index in [0.717, 1.165) is 47.9 Å². The number of aromatic nitrogens is 2. The lowest BCUT2D eigenvalue weighted by Crippen LogP contribution is -2.46. The topological polar surface area (TPSA) is 120 Å². The number of fused-ring (bicyclic) bond motifs is 1. The van der Waals surface area contributed by atoms with Crippen molar-refractivity contribution in [3.8, 4) is 5.69 Å². The lowest BCUT2D eigenvalue weighted by atomic mass is 9.93. The number of nitrogens with one attached hydrogen (secondary N) is 2. The first-order valence-corrected chi connectivity index (χ1v) is 19.0. The molecule has 10 nitrogen and oxygen atoms in total. The summed E-state index contributed by atoms with van der Waals surface area (Å²) in [6.07, 6.45) is 4.92. The third kappa shape index (κ3) is 8.89. The first kappa shape index (κ1) is 38.0. The molecule has 0 spiro atoms. The van der Waals surface area contributed by atoms with Crippen molar-refractivity contribution in [2.45, 2.75) is 71.9 Å². The largest absolute Gasteiger partial charge is 0.394 e. The maximum Gasteiger partial charge on any atom is 0.323 e. The molecule has 0 bridgehead atoms. The van der Waals surface area contributed by atoms with Crippen molar-refractivity contribution in [2.75, 3.05) is 30.3 Å². The number of aliphatic hydroxyl groups excluding tert-OH is 1. The summed E-state index contributed by atoms with van der Waals surface area (Å²) in [6.45, 7) is 7.50. The van der Waals surface area contributed by atoms with Gasteiger partial charge < -0.3 is 25.5 Å². The van der Waals surface area contributed by atoms with Crippen LogP contribution in [0.3, 0.4) is 0 Å². The minimum absolute atomic E-state index is 0.137. The highest BCUT2D eigenvalue weighted by Crippen LogP contribution is 2.29. The summed E-state index contributed by atoms with van der Waals surface area (Å²) in [5, 5.41) is 21.2. The number of rotatable bonds is 14. The van der Waals surface area contributed by atoms with E-state index in [1.807, 2.05) is 90.7 Å².